The minimum Gasteiger partial charge on any atom is -0.355 e. The standard InChI is InChI=1S/C19H22N4O3/c1-11-7-16(11)22-17(24)13-8-15(18(25)20-3)19(26)23(9-13)10-14-6-4-5-12(2)21-14/h4-6,8-9,11,16H,7,10H2,1-3H3,(H,20,25)(H,22,24)/t11-,16-/m0/s1. The van der Waals surface area contributed by atoms with E-state index in [9.17, 15) is 14.4 Å². The largest absolute Gasteiger partial charge is 0.355 e. The second kappa shape index (κ2) is 7.11. The summed E-state index contributed by atoms with van der Waals surface area (Å²) in [5.41, 5.74) is 1.29. The molecule has 2 amide bonds. The van der Waals surface area contributed by atoms with Crippen LogP contribution in [-0.4, -0.2) is 34.5 Å². The van der Waals surface area contributed by atoms with Gasteiger partial charge in [0.1, 0.15) is 5.56 Å². The maximum Gasteiger partial charge on any atom is 0.263 e. The van der Waals surface area contributed by atoms with Crippen LogP contribution in [0.3, 0.4) is 0 Å². The van der Waals surface area contributed by atoms with E-state index in [1.165, 1.54) is 23.9 Å². The summed E-state index contributed by atoms with van der Waals surface area (Å²) in [5.74, 6) is -0.342. The third kappa shape index (κ3) is 3.82. The van der Waals surface area contributed by atoms with Crippen LogP contribution in [0.5, 0.6) is 0 Å². The maximum atomic E-state index is 12.7. The Labute approximate surface area is 151 Å². The third-order valence-electron chi connectivity index (χ3n) is 4.52. The smallest absolute Gasteiger partial charge is 0.263 e. The van der Waals surface area contributed by atoms with Gasteiger partial charge in [-0.2, -0.15) is 0 Å². The molecule has 7 nitrogen and oxygen atoms in total. The molecular formula is C19H22N4O3. The van der Waals surface area contributed by atoms with Gasteiger partial charge >= 0.3 is 0 Å². The fourth-order valence-electron chi connectivity index (χ4n) is 2.81. The lowest BCUT2D eigenvalue weighted by atomic mass is 10.1. The molecule has 3 rings (SSSR count). The molecule has 1 fully saturated rings. The van der Waals surface area contributed by atoms with E-state index in [2.05, 4.69) is 22.5 Å². The van der Waals surface area contributed by atoms with Gasteiger partial charge in [0.2, 0.25) is 0 Å². The van der Waals surface area contributed by atoms with Gasteiger partial charge in [-0.15, -0.1) is 0 Å². The zero-order valence-electron chi connectivity index (χ0n) is 15.1. The zero-order valence-corrected chi connectivity index (χ0v) is 15.1. The van der Waals surface area contributed by atoms with E-state index in [4.69, 9.17) is 0 Å². The molecular weight excluding hydrogens is 332 g/mol. The molecule has 2 heterocycles. The molecule has 0 unspecified atom stereocenters. The quantitative estimate of drug-likeness (QED) is 0.841. The van der Waals surface area contributed by atoms with Gasteiger partial charge < -0.3 is 15.2 Å². The molecule has 0 radical (unpaired) electrons. The molecule has 26 heavy (non-hydrogen) atoms. The number of carbonyl (C=O) groups is 2. The van der Waals surface area contributed by atoms with Crippen molar-refractivity contribution in [3.05, 3.63) is 63.3 Å². The highest BCUT2D eigenvalue weighted by atomic mass is 16.2. The summed E-state index contributed by atoms with van der Waals surface area (Å²) in [6, 6.07) is 7.03. The van der Waals surface area contributed by atoms with Crippen LogP contribution in [0.4, 0.5) is 0 Å². The van der Waals surface area contributed by atoms with Crippen LogP contribution < -0.4 is 16.2 Å². The van der Waals surface area contributed by atoms with Crippen LogP contribution >= 0.6 is 0 Å². The zero-order chi connectivity index (χ0) is 18.8. The molecule has 2 aromatic rings. The van der Waals surface area contributed by atoms with Crippen molar-refractivity contribution in [3.63, 3.8) is 0 Å². The van der Waals surface area contributed by atoms with Crippen molar-refractivity contribution in [2.75, 3.05) is 7.05 Å². The van der Waals surface area contributed by atoms with E-state index in [0.717, 1.165) is 12.1 Å². The molecule has 0 spiro atoms. The number of rotatable bonds is 5. The summed E-state index contributed by atoms with van der Waals surface area (Å²) in [7, 11) is 1.45. The SMILES string of the molecule is CNC(=O)c1cc(C(=O)N[C@H]2C[C@@H]2C)cn(Cc2cccc(C)n2)c1=O. The van der Waals surface area contributed by atoms with Gasteiger partial charge in [-0.25, -0.2) is 0 Å². The number of nitrogens with zero attached hydrogens (tertiary/aromatic N) is 2. The molecule has 0 bridgehead atoms. The van der Waals surface area contributed by atoms with Gasteiger partial charge in [0.25, 0.3) is 17.4 Å². The molecule has 1 saturated carbocycles. The maximum absolute atomic E-state index is 12.7. The van der Waals surface area contributed by atoms with Crippen molar-refractivity contribution in [3.8, 4) is 0 Å². The highest BCUT2D eigenvalue weighted by Crippen LogP contribution is 2.29. The summed E-state index contributed by atoms with van der Waals surface area (Å²) >= 11 is 0. The molecule has 0 aromatic carbocycles. The van der Waals surface area contributed by atoms with Crippen LogP contribution in [0.2, 0.25) is 0 Å². The van der Waals surface area contributed by atoms with Gasteiger partial charge in [-0.3, -0.25) is 19.4 Å². The first-order valence-corrected chi connectivity index (χ1v) is 8.59. The summed E-state index contributed by atoms with van der Waals surface area (Å²) in [5, 5.41) is 5.37. The number of nitrogens with one attached hydrogen (secondary N) is 2. The van der Waals surface area contributed by atoms with Crippen molar-refractivity contribution in [1.29, 1.82) is 0 Å². The Kier molecular flexibility index (Phi) is 4.88. The number of hydrogen-bond acceptors (Lipinski definition) is 4. The van der Waals surface area contributed by atoms with Gasteiger partial charge in [-0.1, -0.05) is 13.0 Å². The molecule has 1 aliphatic carbocycles. The summed E-state index contributed by atoms with van der Waals surface area (Å²) in [4.78, 5) is 41.6. The van der Waals surface area contributed by atoms with Crippen molar-refractivity contribution in [1.82, 2.24) is 20.2 Å². The Morgan fingerprint density at radius 2 is 2.04 bits per heavy atom. The monoisotopic (exact) mass is 354 g/mol. The average Bonchev–Trinajstić information content (AvgIpc) is 3.30. The Hall–Kier alpha value is -2.96. The molecule has 2 atom stereocenters. The average molecular weight is 354 g/mol. The molecule has 0 aliphatic heterocycles. The molecule has 2 aromatic heterocycles. The van der Waals surface area contributed by atoms with E-state index in [1.807, 2.05) is 19.1 Å². The lowest BCUT2D eigenvalue weighted by Gasteiger charge is -2.12. The first kappa shape index (κ1) is 17.8. The van der Waals surface area contributed by atoms with Crippen LogP contribution in [0, 0.1) is 12.8 Å². The lowest BCUT2D eigenvalue weighted by molar-refractivity contribution is 0.0948. The first-order chi connectivity index (χ1) is 12.4. The number of amides is 2. The minimum absolute atomic E-state index is 0.0587. The fourth-order valence-corrected chi connectivity index (χ4v) is 2.81. The fraction of sp³-hybridized carbons (Fsp3) is 0.368. The summed E-state index contributed by atoms with van der Waals surface area (Å²) in [6.07, 6.45) is 2.43. The second-order valence-electron chi connectivity index (χ2n) is 6.72. The van der Waals surface area contributed by atoms with Crippen LogP contribution in [0.15, 0.2) is 35.3 Å². The highest BCUT2D eigenvalue weighted by molar-refractivity contribution is 5.99. The van der Waals surface area contributed by atoms with Crippen molar-refractivity contribution in [2.45, 2.75) is 32.9 Å². The Bertz CT molecular complexity index is 919. The van der Waals surface area contributed by atoms with E-state index in [1.54, 1.807) is 6.07 Å². The number of aryl methyl sites for hydroxylation is 1. The third-order valence-corrected chi connectivity index (χ3v) is 4.52. The Morgan fingerprint density at radius 3 is 2.65 bits per heavy atom. The molecule has 136 valence electrons. The van der Waals surface area contributed by atoms with E-state index in [-0.39, 0.29) is 29.6 Å². The topological polar surface area (TPSA) is 93.1 Å². The normalized spacial score (nSPS) is 18.3. The number of carbonyl (C=O) groups excluding carboxylic acids is 2. The van der Waals surface area contributed by atoms with Crippen molar-refractivity contribution in [2.24, 2.45) is 5.92 Å². The van der Waals surface area contributed by atoms with Crippen molar-refractivity contribution >= 4 is 11.8 Å². The summed E-state index contributed by atoms with van der Waals surface area (Å²) < 4.78 is 1.36. The van der Waals surface area contributed by atoms with Gasteiger partial charge in [-0.05, 0) is 37.5 Å². The predicted octanol–water partition coefficient (Wildman–Crippen LogP) is 1.10. The van der Waals surface area contributed by atoms with Gasteiger partial charge in [0.15, 0.2) is 0 Å². The van der Waals surface area contributed by atoms with E-state index >= 15 is 0 Å². The van der Waals surface area contributed by atoms with E-state index < -0.39 is 11.5 Å². The lowest BCUT2D eigenvalue weighted by Crippen LogP contribution is -2.34. The van der Waals surface area contributed by atoms with Gasteiger partial charge in [0, 0.05) is 25.0 Å². The minimum atomic E-state index is -0.518. The Morgan fingerprint density at radius 1 is 1.31 bits per heavy atom. The van der Waals surface area contributed by atoms with Crippen LogP contribution in [0.1, 0.15) is 45.4 Å². The van der Waals surface area contributed by atoms with Crippen molar-refractivity contribution < 1.29 is 9.59 Å². The van der Waals surface area contributed by atoms with Gasteiger partial charge in [0.05, 0.1) is 17.8 Å². The Balaban J connectivity index is 1.98. The molecule has 1 aliphatic rings. The predicted molar refractivity (Wildman–Crippen MR) is 97.2 cm³/mol. The first-order valence-electron chi connectivity index (χ1n) is 8.59. The van der Waals surface area contributed by atoms with Crippen LogP contribution in [-0.2, 0) is 6.54 Å². The summed E-state index contributed by atoms with van der Waals surface area (Å²) in [6.45, 7) is 4.11. The highest BCUT2D eigenvalue weighted by Gasteiger charge is 2.34. The number of pyridine rings is 2. The van der Waals surface area contributed by atoms with Crippen LogP contribution in [0.25, 0.3) is 0 Å². The second-order valence-corrected chi connectivity index (χ2v) is 6.72. The molecule has 7 heteroatoms. The number of aromatic nitrogens is 2. The van der Waals surface area contributed by atoms with E-state index in [0.29, 0.717) is 11.6 Å². The molecule has 2 N–H and O–H groups in total. The molecule has 0 saturated heterocycles. The number of hydrogen-bond donors (Lipinski definition) is 2.